The van der Waals surface area contributed by atoms with E-state index in [0.717, 1.165) is 5.56 Å². The van der Waals surface area contributed by atoms with E-state index in [2.05, 4.69) is 15.4 Å². The van der Waals surface area contributed by atoms with Crippen LogP contribution in [0.4, 0.5) is 11.9 Å². The second-order valence-corrected chi connectivity index (χ2v) is 4.43. The van der Waals surface area contributed by atoms with E-state index in [9.17, 15) is 0 Å². The van der Waals surface area contributed by atoms with Gasteiger partial charge in [-0.3, -0.25) is 0 Å². The molecule has 0 aliphatic heterocycles. The predicted octanol–water partition coefficient (Wildman–Crippen LogP) is 1.62. The molecular formula is C12H16ClN5O. The van der Waals surface area contributed by atoms with Gasteiger partial charge in [-0.2, -0.15) is 4.98 Å². The highest BCUT2D eigenvalue weighted by Crippen LogP contribution is 2.12. The largest absolute Gasteiger partial charge is 0.383 e. The molecule has 1 aromatic heterocycles. The average Bonchev–Trinajstić information content (AvgIpc) is 2.73. The van der Waals surface area contributed by atoms with Crippen molar-refractivity contribution in [1.82, 2.24) is 14.8 Å². The summed E-state index contributed by atoms with van der Waals surface area (Å²) in [6.45, 7) is 1.79. The summed E-state index contributed by atoms with van der Waals surface area (Å²) >= 11 is 5.84. The molecule has 0 unspecified atom stereocenters. The summed E-state index contributed by atoms with van der Waals surface area (Å²) in [5.74, 6) is 0.874. The molecule has 3 N–H and O–H groups in total. The van der Waals surface area contributed by atoms with Gasteiger partial charge in [0.25, 0.3) is 0 Å². The van der Waals surface area contributed by atoms with Crippen LogP contribution in [0.3, 0.4) is 0 Å². The Morgan fingerprint density at radius 1 is 1.37 bits per heavy atom. The molecule has 0 saturated heterocycles. The van der Waals surface area contributed by atoms with Gasteiger partial charge in [0.15, 0.2) is 0 Å². The highest BCUT2D eigenvalue weighted by Gasteiger charge is 2.06. The molecule has 0 aliphatic carbocycles. The number of rotatable bonds is 6. The molecule has 0 atom stereocenters. The lowest BCUT2D eigenvalue weighted by atomic mass is 10.2. The lowest BCUT2D eigenvalue weighted by molar-refractivity contribution is 0.210. The van der Waals surface area contributed by atoms with Crippen LogP contribution in [-0.2, 0) is 11.3 Å². The molecule has 0 spiro atoms. The SMILES string of the molecule is COCCNc1nc(N)n(Cc2ccc(Cl)cc2)n1. The summed E-state index contributed by atoms with van der Waals surface area (Å²) < 4.78 is 6.58. The minimum Gasteiger partial charge on any atom is -0.383 e. The fourth-order valence-corrected chi connectivity index (χ4v) is 1.70. The van der Waals surface area contributed by atoms with Gasteiger partial charge in [-0.25, -0.2) is 4.68 Å². The van der Waals surface area contributed by atoms with Crippen molar-refractivity contribution in [3.05, 3.63) is 34.9 Å². The molecule has 6 nitrogen and oxygen atoms in total. The number of ether oxygens (including phenoxy) is 1. The molecule has 2 aromatic rings. The minimum atomic E-state index is 0.370. The van der Waals surface area contributed by atoms with Crippen LogP contribution >= 0.6 is 11.6 Å². The molecule has 2 rings (SSSR count). The summed E-state index contributed by atoms with van der Waals surface area (Å²) in [6.07, 6.45) is 0. The fraction of sp³-hybridized carbons (Fsp3) is 0.333. The summed E-state index contributed by atoms with van der Waals surface area (Å²) in [5, 5.41) is 8.02. The van der Waals surface area contributed by atoms with Gasteiger partial charge in [0.05, 0.1) is 13.2 Å². The molecule has 19 heavy (non-hydrogen) atoms. The van der Waals surface area contributed by atoms with Crippen molar-refractivity contribution < 1.29 is 4.74 Å². The van der Waals surface area contributed by atoms with Crippen molar-refractivity contribution in [2.75, 3.05) is 31.3 Å². The highest BCUT2D eigenvalue weighted by molar-refractivity contribution is 6.30. The topological polar surface area (TPSA) is 78.0 Å². The van der Waals surface area contributed by atoms with Crippen LogP contribution in [0.1, 0.15) is 5.56 Å². The molecular weight excluding hydrogens is 266 g/mol. The lowest BCUT2D eigenvalue weighted by Gasteiger charge is -2.03. The number of hydrogen-bond donors (Lipinski definition) is 2. The summed E-state index contributed by atoms with van der Waals surface area (Å²) in [7, 11) is 1.64. The van der Waals surface area contributed by atoms with Gasteiger partial charge in [-0.1, -0.05) is 23.7 Å². The quantitative estimate of drug-likeness (QED) is 0.787. The highest BCUT2D eigenvalue weighted by atomic mass is 35.5. The number of benzene rings is 1. The van der Waals surface area contributed by atoms with Crippen molar-refractivity contribution in [1.29, 1.82) is 0 Å². The Morgan fingerprint density at radius 2 is 2.11 bits per heavy atom. The number of anilines is 2. The zero-order chi connectivity index (χ0) is 13.7. The number of aromatic nitrogens is 3. The second kappa shape index (κ2) is 6.40. The summed E-state index contributed by atoms with van der Waals surface area (Å²) in [4.78, 5) is 4.13. The number of nitrogens with one attached hydrogen (secondary N) is 1. The normalized spacial score (nSPS) is 10.6. The van der Waals surface area contributed by atoms with E-state index in [0.29, 0.717) is 36.6 Å². The maximum absolute atomic E-state index is 5.84. The molecule has 0 radical (unpaired) electrons. The standard InChI is InChI=1S/C12H16ClN5O/c1-19-7-6-15-12-16-11(14)18(17-12)8-9-2-4-10(13)5-3-9/h2-5H,6-8H2,1H3,(H3,14,15,16,17). The van der Waals surface area contributed by atoms with Gasteiger partial charge in [0, 0.05) is 18.7 Å². The Balaban J connectivity index is 2.02. The van der Waals surface area contributed by atoms with Crippen molar-refractivity contribution in [3.8, 4) is 0 Å². The first-order valence-electron chi connectivity index (χ1n) is 5.86. The first kappa shape index (κ1) is 13.6. The zero-order valence-corrected chi connectivity index (χ0v) is 11.4. The molecule has 0 aliphatic rings. The Labute approximate surface area is 116 Å². The number of nitrogens with two attached hydrogens (primary N) is 1. The fourth-order valence-electron chi connectivity index (χ4n) is 1.57. The molecule has 7 heteroatoms. The van der Waals surface area contributed by atoms with E-state index in [-0.39, 0.29) is 0 Å². The first-order valence-corrected chi connectivity index (χ1v) is 6.24. The molecule has 0 saturated carbocycles. The zero-order valence-electron chi connectivity index (χ0n) is 10.6. The van der Waals surface area contributed by atoms with E-state index in [1.54, 1.807) is 11.8 Å². The maximum atomic E-state index is 5.84. The van der Waals surface area contributed by atoms with E-state index in [1.807, 2.05) is 24.3 Å². The number of nitrogen functional groups attached to an aromatic ring is 1. The average molecular weight is 282 g/mol. The van der Waals surface area contributed by atoms with Gasteiger partial charge < -0.3 is 15.8 Å². The second-order valence-electron chi connectivity index (χ2n) is 4.00. The molecule has 1 aromatic carbocycles. The Bertz CT molecular complexity index is 525. The third-order valence-corrected chi connectivity index (χ3v) is 2.79. The Morgan fingerprint density at radius 3 is 2.79 bits per heavy atom. The Hall–Kier alpha value is -1.79. The third kappa shape index (κ3) is 3.84. The van der Waals surface area contributed by atoms with Crippen molar-refractivity contribution >= 4 is 23.5 Å². The van der Waals surface area contributed by atoms with Crippen molar-refractivity contribution in [2.24, 2.45) is 0 Å². The number of methoxy groups -OCH3 is 1. The predicted molar refractivity (Wildman–Crippen MR) is 75.4 cm³/mol. The third-order valence-electron chi connectivity index (χ3n) is 2.54. The summed E-state index contributed by atoms with van der Waals surface area (Å²) in [5.41, 5.74) is 6.88. The van der Waals surface area contributed by atoms with Gasteiger partial charge in [0.1, 0.15) is 0 Å². The van der Waals surface area contributed by atoms with Gasteiger partial charge >= 0.3 is 0 Å². The lowest BCUT2D eigenvalue weighted by Crippen LogP contribution is -2.09. The maximum Gasteiger partial charge on any atom is 0.244 e. The summed E-state index contributed by atoms with van der Waals surface area (Å²) in [6, 6.07) is 7.53. The minimum absolute atomic E-state index is 0.370. The van der Waals surface area contributed by atoms with E-state index in [4.69, 9.17) is 22.1 Å². The molecule has 1 heterocycles. The first-order chi connectivity index (χ1) is 9.19. The van der Waals surface area contributed by atoms with Gasteiger partial charge in [0.2, 0.25) is 11.9 Å². The van der Waals surface area contributed by atoms with Gasteiger partial charge in [-0.05, 0) is 17.7 Å². The van der Waals surface area contributed by atoms with Crippen LogP contribution in [0.25, 0.3) is 0 Å². The van der Waals surface area contributed by atoms with E-state index >= 15 is 0 Å². The Kier molecular flexibility index (Phi) is 4.59. The molecule has 0 bridgehead atoms. The van der Waals surface area contributed by atoms with Crippen LogP contribution in [0.2, 0.25) is 5.02 Å². The number of hydrogen-bond acceptors (Lipinski definition) is 5. The smallest absolute Gasteiger partial charge is 0.244 e. The van der Waals surface area contributed by atoms with E-state index in [1.165, 1.54) is 0 Å². The van der Waals surface area contributed by atoms with Crippen molar-refractivity contribution in [2.45, 2.75) is 6.54 Å². The van der Waals surface area contributed by atoms with Crippen molar-refractivity contribution in [3.63, 3.8) is 0 Å². The van der Waals surface area contributed by atoms with Gasteiger partial charge in [-0.15, -0.1) is 5.10 Å². The van der Waals surface area contributed by atoms with Crippen LogP contribution in [0.5, 0.6) is 0 Å². The monoisotopic (exact) mass is 281 g/mol. The van der Waals surface area contributed by atoms with Crippen LogP contribution < -0.4 is 11.1 Å². The van der Waals surface area contributed by atoms with Crippen LogP contribution in [-0.4, -0.2) is 35.0 Å². The molecule has 0 amide bonds. The van der Waals surface area contributed by atoms with Crippen LogP contribution in [0.15, 0.2) is 24.3 Å². The molecule has 0 fully saturated rings. The number of nitrogens with zero attached hydrogens (tertiary/aromatic N) is 3. The van der Waals surface area contributed by atoms with E-state index < -0.39 is 0 Å². The number of halogens is 1. The molecule has 102 valence electrons. The van der Waals surface area contributed by atoms with Crippen LogP contribution in [0, 0.1) is 0 Å².